The van der Waals surface area contributed by atoms with E-state index in [1.54, 1.807) is 0 Å². The smallest absolute Gasteiger partial charge is 0.251 e. The van der Waals surface area contributed by atoms with Gasteiger partial charge in [-0.1, -0.05) is 18.2 Å². The number of aliphatic hydroxyl groups excluding tert-OH is 1. The molecule has 4 aliphatic rings. The molecule has 1 atom stereocenters. The number of amides is 1. The zero-order valence-corrected chi connectivity index (χ0v) is 13.9. The van der Waals surface area contributed by atoms with Crippen LogP contribution < -0.4 is 5.32 Å². The summed E-state index contributed by atoms with van der Waals surface area (Å²) in [6.07, 6.45) is 8.15. The number of nitrogens with one attached hydrogen (secondary N) is 1. The number of carbonyl (C=O) groups is 1. The molecule has 0 heterocycles. The first-order valence-corrected chi connectivity index (χ1v) is 9.09. The van der Waals surface area contributed by atoms with Crippen LogP contribution in [0.1, 0.15) is 61.4 Å². The van der Waals surface area contributed by atoms with E-state index in [4.69, 9.17) is 0 Å². The minimum absolute atomic E-state index is 0.0297. The molecule has 0 unspecified atom stereocenters. The minimum atomic E-state index is -0.0880. The van der Waals surface area contributed by atoms with E-state index in [-0.39, 0.29) is 18.6 Å². The molecule has 4 bridgehead atoms. The highest BCUT2D eigenvalue weighted by Gasteiger charge is 2.53. The molecule has 0 aliphatic heterocycles. The predicted molar refractivity (Wildman–Crippen MR) is 89.9 cm³/mol. The molecule has 3 heteroatoms. The lowest BCUT2D eigenvalue weighted by atomic mass is 9.48. The fourth-order valence-corrected chi connectivity index (χ4v) is 6.02. The van der Waals surface area contributed by atoms with Gasteiger partial charge in [-0.2, -0.15) is 0 Å². The minimum Gasteiger partial charge on any atom is -0.392 e. The Morgan fingerprint density at radius 3 is 2.30 bits per heavy atom. The second kappa shape index (κ2) is 5.62. The Kier molecular flexibility index (Phi) is 3.72. The van der Waals surface area contributed by atoms with Crippen LogP contribution in [-0.2, 0) is 6.61 Å². The molecule has 23 heavy (non-hydrogen) atoms. The number of aliphatic hydroxyl groups is 1. The zero-order chi connectivity index (χ0) is 16.0. The van der Waals surface area contributed by atoms with Crippen molar-refractivity contribution in [2.75, 3.05) is 0 Å². The highest BCUT2D eigenvalue weighted by Crippen LogP contribution is 2.61. The molecule has 0 spiro atoms. The van der Waals surface area contributed by atoms with Crippen molar-refractivity contribution in [3.63, 3.8) is 0 Å². The van der Waals surface area contributed by atoms with Gasteiger partial charge >= 0.3 is 0 Å². The van der Waals surface area contributed by atoms with Crippen LogP contribution in [0.25, 0.3) is 0 Å². The molecule has 0 aromatic heterocycles. The Morgan fingerprint density at radius 1 is 1.17 bits per heavy atom. The first-order chi connectivity index (χ1) is 11.1. The number of rotatable bonds is 4. The van der Waals surface area contributed by atoms with Crippen LogP contribution in [0.4, 0.5) is 0 Å². The van der Waals surface area contributed by atoms with Crippen molar-refractivity contribution in [2.45, 2.75) is 58.1 Å². The van der Waals surface area contributed by atoms with Crippen molar-refractivity contribution >= 4 is 5.91 Å². The van der Waals surface area contributed by atoms with Crippen LogP contribution in [0.5, 0.6) is 0 Å². The molecule has 0 radical (unpaired) electrons. The van der Waals surface area contributed by atoms with Crippen LogP contribution >= 0.6 is 0 Å². The largest absolute Gasteiger partial charge is 0.392 e. The van der Waals surface area contributed by atoms with Crippen molar-refractivity contribution in [3.8, 4) is 0 Å². The molecule has 4 aliphatic carbocycles. The Bertz CT molecular complexity index is 574. The molecule has 5 rings (SSSR count). The summed E-state index contributed by atoms with van der Waals surface area (Å²) in [5.41, 5.74) is 1.65. The summed E-state index contributed by atoms with van der Waals surface area (Å²) in [6, 6.07) is 7.58. The lowest BCUT2D eigenvalue weighted by molar-refractivity contribution is -0.0688. The lowest BCUT2D eigenvalue weighted by Crippen LogP contribution is -2.55. The summed E-state index contributed by atoms with van der Waals surface area (Å²) in [4.78, 5) is 12.7. The quantitative estimate of drug-likeness (QED) is 0.893. The number of hydrogen-bond donors (Lipinski definition) is 2. The van der Waals surface area contributed by atoms with Crippen LogP contribution in [0.15, 0.2) is 24.3 Å². The highest BCUT2D eigenvalue weighted by molar-refractivity contribution is 5.95. The molecule has 124 valence electrons. The zero-order valence-electron chi connectivity index (χ0n) is 13.9. The fraction of sp³-hybridized carbons (Fsp3) is 0.650. The van der Waals surface area contributed by atoms with Gasteiger partial charge < -0.3 is 10.4 Å². The van der Waals surface area contributed by atoms with Gasteiger partial charge in [0.15, 0.2) is 0 Å². The van der Waals surface area contributed by atoms with E-state index in [0.717, 1.165) is 17.8 Å². The van der Waals surface area contributed by atoms with Crippen LogP contribution in [-0.4, -0.2) is 17.1 Å². The van der Waals surface area contributed by atoms with E-state index in [0.29, 0.717) is 16.5 Å². The van der Waals surface area contributed by atoms with Gasteiger partial charge in [0.2, 0.25) is 0 Å². The van der Waals surface area contributed by atoms with Gasteiger partial charge in [-0.25, -0.2) is 0 Å². The van der Waals surface area contributed by atoms with E-state index in [1.165, 1.54) is 38.5 Å². The maximum Gasteiger partial charge on any atom is 0.251 e. The molecule has 3 nitrogen and oxygen atoms in total. The molecular weight excluding hydrogens is 286 g/mol. The van der Waals surface area contributed by atoms with Gasteiger partial charge in [-0.15, -0.1) is 0 Å². The van der Waals surface area contributed by atoms with Crippen molar-refractivity contribution in [2.24, 2.45) is 23.2 Å². The summed E-state index contributed by atoms with van der Waals surface area (Å²) < 4.78 is 0. The molecule has 4 fully saturated rings. The number of hydrogen-bond acceptors (Lipinski definition) is 2. The second-order valence-corrected chi connectivity index (χ2v) is 8.29. The van der Waals surface area contributed by atoms with Crippen molar-refractivity contribution in [1.29, 1.82) is 0 Å². The average molecular weight is 313 g/mol. The lowest BCUT2D eigenvalue weighted by Gasteiger charge is -2.59. The summed E-state index contributed by atoms with van der Waals surface area (Å²) in [5, 5.41) is 12.7. The fourth-order valence-electron chi connectivity index (χ4n) is 6.02. The van der Waals surface area contributed by atoms with Crippen molar-refractivity contribution in [3.05, 3.63) is 35.4 Å². The van der Waals surface area contributed by atoms with Crippen LogP contribution in [0.3, 0.4) is 0 Å². The van der Waals surface area contributed by atoms with E-state index in [9.17, 15) is 9.90 Å². The first-order valence-electron chi connectivity index (χ1n) is 9.09. The SMILES string of the molecule is C[C@@H](NC(=O)c1ccccc1CO)C12CC3CC(CC(C3)C1)C2. The first kappa shape index (κ1) is 15.2. The third-order valence-corrected chi connectivity index (χ3v) is 6.78. The summed E-state index contributed by atoms with van der Waals surface area (Å²) in [6.45, 7) is 2.11. The Labute approximate surface area is 138 Å². The predicted octanol–water partition coefficient (Wildman–Crippen LogP) is 3.51. The van der Waals surface area contributed by atoms with E-state index < -0.39 is 0 Å². The second-order valence-electron chi connectivity index (χ2n) is 8.29. The topological polar surface area (TPSA) is 49.3 Å². The summed E-state index contributed by atoms with van der Waals surface area (Å²) in [5.74, 6) is 2.65. The Hall–Kier alpha value is -1.35. The number of carbonyl (C=O) groups excluding carboxylic acids is 1. The Morgan fingerprint density at radius 2 is 1.74 bits per heavy atom. The Balaban J connectivity index is 1.51. The van der Waals surface area contributed by atoms with Gasteiger partial charge in [0.25, 0.3) is 5.91 Å². The standard InChI is InChI=1S/C20H27NO2/c1-13(21-19(23)18-5-3-2-4-17(18)12-22)20-9-14-6-15(10-20)8-16(7-14)11-20/h2-5,13-16,22H,6-12H2,1H3,(H,21,23)/t13-,14?,15?,16?,20?/m1/s1. The maximum atomic E-state index is 12.7. The normalized spacial score (nSPS) is 36.0. The molecule has 1 aromatic carbocycles. The van der Waals surface area contributed by atoms with E-state index in [1.807, 2.05) is 24.3 Å². The molecule has 0 saturated heterocycles. The summed E-state index contributed by atoms with van der Waals surface area (Å²) in [7, 11) is 0. The molecule has 1 amide bonds. The van der Waals surface area contributed by atoms with Crippen molar-refractivity contribution < 1.29 is 9.90 Å². The average Bonchev–Trinajstić information content (AvgIpc) is 2.53. The van der Waals surface area contributed by atoms with E-state index >= 15 is 0 Å². The third-order valence-electron chi connectivity index (χ3n) is 6.78. The van der Waals surface area contributed by atoms with Gasteiger partial charge in [0, 0.05) is 11.6 Å². The molecule has 4 saturated carbocycles. The van der Waals surface area contributed by atoms with Crippen LogP contribution in [0, 0.1) is 23.2 Å². The van der Waals surface area contributed by atoms with Gasteiger partial charge in [-0.3, -0.25) is 4.79 Å². The molecule has 1 aromatic rings. The number of benzene rings is 1. The monoisotopic (exact) mass is 313 g/mol. The van der Waals surface area contributed by atoms with Gasteiger partial charge in [-0.05, 0) is 80.2 Å². The maximum absolute atomic E-state index is 12.7. The molecular formula is C20H27NO2. The van der Waals surface area contributed by atoms with Gasteiger partial charge in [0.1, 0.15) is 0 Å². The molecule has 2 N–H and O–H groups in total. The van der Waals surface area contributed by atoms with Crippen molar-refractivity contribution in [1.82, 2.24) is 5.32 Å². The third kappa shape index (κ3) is 2.59. The summed E-state index contributed by atoms with van der Waals surface area (Å²) >= 11 is 0. The highest BCUT2D eigenvalue weighted by atomic mass is 16.3. The van der Waals surface area contributed by atoms with E-state index in [2.05, 4.69) is 12.2 Å². The van der Waals surface area contributed by atoms with Crippen LogP contribution in [0.2, 0.25) is 0 Å². The van der Waals surface area contributed by atoms with Gasteiger partial charge in [0.05, 0.1) is 6.61 Å².